The van der Waals surface area contributed by atoms with Crippen molar-refractivity contribution in [3.8, 4) is 0 Å². The fraction of sp³-hybridized carbons (Fsp3) is 0.417. The smallest absolute Gasteiger partial charge is 0.311 e. The average molecular weight is 263 g/mol. The van der Waals surface area contributed by atoms with Crippen LogP contribution in [0.25, 0.3) is 10.2 Å². The summed E-state index contributed by atoms with van der Waals surface area (Å²) in [6, 6.07) is 1.96. The van der Waals surface area contributed by atoms with Crippen LogP contribution in [0.5, 0.6) is 0 Å². The molecule has 6 heteroatoms. The Kier molecular flexibility index (Phi) is 2.48. The van der Waals surface area contributed by atoms with E-state index in [4.69, 9.17) is 0 Å². The minimum absolute atomic E-state index is 0.506. The van der Waals surface area contributed by atoms with Gasteiger partial charge >= 0.3 is 5.97 Å². The molecule has 0 aliphatic carbocycles. The molecule has 1 aliphatic heterocycles. The monoisotopic (exact) mass is 263 g/mol. The third-order valence-electron chi connectivity index (χ3n) is 3.51. The van der Waals surface area contributed by atoms with Crippen LogP contribution in [0.15, 0.2) is 17.8 Å². The molecule has 0 radical (unpaired) electrons. The van der Waals surface area contributed by atoms with Crippen LogP contribution in [0.2, 0.25) is 0 Å². The summed E-state index contributed by atoms with van der Waals surface area (Å²) < 4.78 is 1.03. The van der Waals surface area contributed by atoms with Crippen molar-refractivity contribution in [3.63, 3.8) is 0 Å². The standard InChI is InChI=1S/C12H13N3O2S/c1-12(11(16)17)3-4-15(6-12)10-9-8(2-5-18-9)13-7-14-10/h2,5,7H,3-4,6H2,1H3,(H,16,17). The number of aliphatic carboxylic acids is 1. The van der Waals surface area contributed by atoms with Gasteiger partial charge in [-0.05, 0) is 24.8 Å². The van der Waals surface area contributed by atoms with E-state index in [0.29, 0.717) is 13.0 Å². The van der Waals surface area contributed by atoms with Gasteiger partial charge in [0.1, 0.15) is 12.1 Å². The number of fused-ring (bicyclic) bond motifs is 1. The topological polar surface area (TPSA) is 66.3 Å². The molecule has 18 heavy (non-hydrogen) atoms. The molecular weight excluding hydrogens is 250 g/mol. The number of rotatable bonds is 2. The van der Waals surface area contributed by atoms with E-state index < -0.39 is 11.4 Å². The molecule has 1 atom stereocenters. The zero-order valence-corrected chi connectivity index (χ0v) is 10.8. The number of carboxylic acids is 1. The molecule has 1 N–H and O–H groups in total. The summed E-state index contributed by atoms with van der Waals surface area (Å²) in [6.45, 7) is 3.03. The van der Waals surface area contributed by atoms with Gasteiger partial charge < -0.3 is 10.0 Å². The van der Waals surface area contributed by atoms with E-state index in [1.54, 1.807) is 24.6 Å². The molecule has 0 bridgehead atoms. The van der Waals surface area contributed by atoms with Crippen LogP contribution >= 0.6 is 11.3 Å². The first-order valence-electron chi connectivity index (χ1n) is 5.77. The molecule has 1 saturated heterocycles. The number of aromatic nitrogens is 2. The Labute approximate surface area is 108 Å². The molecule has 2 aromatic heterocycles. The van der Waals surface area contributed by atoms with Gasteiger partial charge in [-0.25, -0.2) is 9.97 Å². The summed E-state index contributed by atoms with van der Waals surface area (Å²) in [4.78, 5) is 21.8. The molecule has 1 aliphatic rings. The number of carboxylic acid groups (broad SMARTS) is 1. The van der Waals surface area contributed by atoms with Crippen molar-refractivity contribution in [2.45, 2.75) is 13.3 Å². The van der Waals surface area contributed by atoms with Gasteiger partial charge in [0.25, 0.3) is 0 Å². The lowest BCUT2D eigenvalue weighted by atomic mass is 9.90. The van der Waals surface area contributed by atoms with Crippen molar-refractivity contribution in [1.29, 1.82) is 0 Å². The van der Waals surface area contributed by atoms with Gasteiger partial charge in [0, 0.05) is 13.1 Å². The van der Waals surface area contributed by atoms with Crippen LogP contribution in [0.3, 0.4) is 0 Å². The predicted octanol–water partition coefficient (Wildman–Crippen LogP) is 1.99. The Morgan fingerprint density at radius 3 is 3.11 bits per heavy atom. The van der Waals surface area contributed by atoms with E-state index >= 15 is 0 Å². The highest BCUT2D eigenvalue weighted by atomic mass is 32.1. The normalized spacial score (nSPS) is 23.7. The van der Waals surface area contributed by atoms with Crippen molar-refractivity contribution in [2.75, 3.05) is 18.0 Å². The van der Waals surface area contributed by atoms with Crippen molar-refractivity contribution in [3.05, 3.63) is 17.8 Å². The van der Waals surface area contributed by atoms with Gasteiger partial charge in [0.05, 0.1) is 15.6 Å². The second-order valence-electron chi connectivity index (χ2n) is 4.87. The predicted molar refractivity (Wildman–Crippen MR) is 70.0 cm³/mol. The largest absolute Gasteiger partial charge is 0.481 e. The summed E-state index contributed by atoms with van der Waals surface area (Å²) in [5, 5.41) is 11.2. The maximum Gasteiger partial charge on any atom is 0.311 e. The molecule has 1 unspecified atom stereocenters. The Bertz CT molecular complexity index is 612. The van der Waals surface area contributed by atoms with E-state index in [1.807, 2.05) is 11.4 Å². The minimum atomic E-state index is -0.735. The Morgan fingerprint density at radius 1 is 1.56 bits per heavy atom. The van der Waals surface area contributed by atoms with Crippen LogP contribution in [-0.2, 0) is 4.79 Å². The highest BCUT2D eigenvalue weighted by Gasteiger charge is 2.41. The Hall–Kier alpha value is -1.69. The van der Waals surface area contributed by atoms with Crippen molar-refractivity contribution in [2.24, 2.45) is 5.41 Å². The quantitative estimate of drug-likeness (QED) is 0.897. The van der Waals surface area contributed by atoms with Crippen LogP contribution in [-0.4, -0.2) is 34.1 Å². The van der Waals surface area contributed by atoms with Crippen molar-refractivity contribution < 1.29 is 9.90 Å². The van der Waals surface area contributed by atoms with E-state index in [2.05, 4.69) is 14.9 Å². The first-order valence-corrected chi connectivity index (χ1v) is 6.65. The molecule has 0 amide bonds. The molecule has 1 fully saturated rings. The first-order chi connectivity index (χ1) is 8.60. The van der Waals surface area contributed by atoms with Gasteiger partial charge in [0.2, 0.25) is 0 Å². The van der Waals surface area contributed by atoms with Gasteiger partial charge in [-0.2, -0.15) is 0 Å². The third-order valence-corrected chi connectivity index (χ3v) is 4.41. The Morgan fingerprint density at radius 2 is 2.39 bits per heavy atom. The van der Waals surface area contributed by atoms with Crippen LogP contribution in [0, 0.1) is 5.41 Å². The number of anilines is 1. The summed E-state index contributed by atoms with van der Waals surface area (Å²) in [6.07, 6.45) is 2.19. The summed E-state index contributed by atoms with van der Waals surface area (Å²) in [7, 11) is 0. The van der Waals surface area contributed by atoms with E-state index in [0.717, 1.165) is 22.6 Å². The minimum Gasteiger partial charge on any atom is -0.481 e. The van der Waals surface area contributed by atoms with Crippen molar-refractivity contribution >= 4 is 33.3 Å². The van der Waals surface area contributed by atoms with Gasteiger partial charge in [-0.3, -0.25) is 4.79 Å². The second-order valence-corrected chi connectivity index (χ2v) is 5.79. The lowest BCUT2D eigenvalue weighted by molar-refractivity contribution is -0.146. The number of thiophene rings is 1. The van der Waals surface area contributed by atoms with Crippen LogP contribution in [0.1, 0.15) is 13.3 Å². The Balaban J connectivity index is 1.98. The fourth-order valence-electron chi connectivity index (χ4n) is 2.32. The van der Waals surface area contributed by atoms with Crippen molar-refractivity contribution in [1.82, 2.24) is 9.97 Å². The summed E-state index contributed by atoms with van der Waals surface area (Å²) in [5.41, 5.74) is 0.253. The number of hydrogen-bond donors (Lipinski definition) is 1. The van der Waals surface area contributed by atoms with Crippen LogP contribution < -0.4 is 4.90 Å². The molecule has 0 spiro atoms. The van der Waals surface area contributed by atoms with E-state index in [9.17, 15) is 9.90 Å². The van der Waals surface area contributed by atoms with E-state index in [1.165, 1.54) is 0 Å². The average Bonchev–Trinajstić information content (AvgIpc) is 2.95. The molecule has 0 saturated carbocycles. The maximum absolute atomic E-state index is 11.3. The molecule has 2 aromatic rings. The summed E-state index contributed by atoms with van der Waals surface area (Å²) in [5.74, 6) is 0.126. The number of hydrogen-bond acceptors (Lipinski definition) is 5. The second kappa shape index (κ2) is 3.91. The van der Waals surface area contributed by atoms with Crippen LogP contribution in [0.4, 0.5) is 5.82 Å². The fourth-order valence-corrected chi connectivity index (χ4v) is 3.18. The summed E-state index contributed by atoms with van der Waals surface area (Å²) >= 11 is 1.60. The zero-order valence-electron chi connectivity index (χ0n) is 9.96. The van der Waals surface area contributed by atoms with Gasteiger partial charge in [0.15, 0.2) is 0 Å². The maximum atomic E-state index is 11.3. The third kappa shape index (κ3) is 1.64. The molecule has 94 valence electrons. The molecular formula is C12H13N3O2S. The first kappa shape index (κ1) is 11.4. The highest BCUT2D eigenvalue weighted by molar-refractivity contribution is 7.17. The van der Waals surface area contributed by atoms with Gasteiger partial charge in [-0.1, -0.05) is 0 Å². The SMILES string of the molecule is CC1(C(=O)O)CCN(c2ncnc3ccsc23)C1. The lowest BCUT2D eigenvalue weighted by Crippen LogP contribution is -2.32. The number of carbonyl (C=O) groups is 1. The zero-order chi connectivity index (χ0) is 12.8. The van der Waals surface area contributed by atoms with Gasteiger partial charge in [-0.15, -0.1) is 11.3 Å². The number of nitrogens with zero attached hydrogens (tertiary/aromatic N) is 3. The van der Waals surface area contributed by atoms with E-state index in [-0.39, 0.29) is 0 Å². The molecule has 3 heterocycles. The molecule has 5 nitrogen and oxygen atoms in total. The highest BCUT2D eigenvalue weighted by Crippen LogP contribution is 2.36. The lowest BCUT2D eigenvalue weighted by Gasteiger charge is -2.21. The molecule has 0 aromatic carbocycles. The molecule has 3 rings (SSSR count).